The van der Waals surface area contributed by atoms with Gasteiger partial charge < -0.3 is 53.2 Å². The highest BCUT2D eigenvalue weighted by molar-refractivity contribution is 5.56. The van der Waals surface area contributed by atoms with E-state index < -0.39 is 12.2 Å². The summed E-state index contributed by atoms with van der Waals surface area (Å²) in [6.45, 7) is 0.601. The first-order valence-corrected chi connectivity index (χ1v) is 12.7. The van der Waals surface area contributed by atoms with Crippen LogP contribution in [0.4, 0.5) is 0 Å². The molecule has 3 aliphatic rings. The lowest BCUT2D eigenvalue weighted by atomic mass is 9.84. The van der Waals surface area contributed by atoms with Gasteiger partial charge >= 0.3 is 0 Å². The summed E-state index contributed by atoms with van der Waals surface area (Å²) in [6.07, 6.45) is -0.257. The number of phenols is 1. The van der Waals surface area contributed by atoms with Crippen LogP contribution in [0.3, 0.4) is 0 Å². The number of benzene rings is 2. The van der Waals surface area contributed by atoms with Gasteiger partial charge in [-0.15, -0.1) is 0 Å². The summed E-state index contributed by atoms with van der Waals surface area (Å²) in [6, 6.07) is 7.21. The summed E-state index contributed by atoms with van der Waals surface area (Å²) in [4.78, 5) is 0. The van der Waals surface area contributed by atoms with Gasteiger partial charge in [0, 0.05) is 18.3 Å². The van der Waals surface area contributed by atoms with Crippen molar-refractivity contribution in [2.45, 2.75) is 30.8 Å². The van der Waals surface area contributed by atoms with Crippen LogP contribution in [-0.2, 0) is 14.2 Å². The molecule has 2 aromatic carbocycles. The van der Waals surface area contributed by atoms with Crippen LogP contribution in [0.15, 0.2) is 36.3 Å². The van der Waals surface area contributed by atoms with Crippen molar-refractivity contribution in [3.63, 3.8) is 0 Å². The van der Waals surface area contributed by atoms with Crippen molar-refractivity contribution in [2.24, 2.45) is 11.8 Å². The molecule has 0 spiro atoms. The quantitative estimate of drug-likeness (QED) is 0.429. The molecule has 11 nitrogen and oxygen atoms in total. The van der Waals surface area contributed by atoms with Crippen LogP contribution >= 0.6 is 0 Å². The first-order valence-electron chi connectivity index (χ1n) is 12.7. The second-order valence-electron chi connectivity index (χ2n) is 9.63. The Hall–Kier alpha value is -3.38. The Morgan fingerprint density at radius 3 is 1.74 bits per heavy atom. The van der Waals surface area contributed by atoms with Crippen molar-refractivity contribution < 1.29 is 53.2 Å². The van der Waals surface area contributed by atoms with Crippen molar-refractivity contribution in [2.75, 3.05) is 48.3 Å². The second-order valence-corrected chi connectivity index (χ2v) is 9.63. The molecule has 0 aliphatic carbocycles. The second kappa shape index (κ2) is 11.4. The molecule has 11 heteroatoms. The number of rotatable bonds is 9. The Balaban J connectivity index is 1.39. The molecule has 2 saturated heterocycles. The summed E-state index contributed by atoms with van der Waals surface area (Å²) in [5, 5.41) is 29.7. The Kier molecular flexibility index (Phi) is 7.94. The lowest BCUT2D eigenvalue weighted by molar-refractivity contribution is -0.0742. The first kappa shape index (κ1) is 27.2. The number of aromatic hydroxyl groups is 1. The number of ether oxygens (including phenoxy) is 8. The predicted octanol–water partition coefficient (Wildman–Crippen LogP) is 2.86. The maximum atomic E-state index is 10.3. The van der Waals surface area contributed by atoms with Gasteiger partial charge in [0.1, 0.15) is 0 Å². The number of aliphatic hydroxyl groups is 2. The number of hydrogen-bond donors (Lipinski definition) is 3. The van der Waals surface area contributed by atoms with Gasteiger partial charge in [-0.2, -0.15) is 0 Å². The standard InChI is InChI=1S/C28H34O11/c1-32-19-7-14(8-20(33-2)25(19)31)26-16-12-37-27(17(16)13-36-26)15-9-21(34-3)28(22(10-15)35-4)39-24-6-5-18(30)23(11-29)38-24/h6-10,16-18,23,26-27,29-31H,5,11-13H2,1-4H3/t16-,17-,18?,23?,26?,27?/m0/s1. The largest absolute Gasteiger partial charge is 0.502 e. The van der Waals surface area contributed by atoms with Gasteiger partial charge in [-0.25, -0.2) is 0 Å². The summed E-state index contributed by atoms with van der Waals surface area (Å²) < 4.78 is 46.0. The van der Waals surface area contributed by atoms with Gasteiger partial charge in [-0.1, -0.05) is 0 Å². The average molecular weight is 547 g/mol. The molecule has 0 aromatic heterocycles. The van der Waals surface area contributed by atoms with E-state index in [0.29, 0.717) is 42.0 Å². The van der Waals surface area contributed by atoms with E-state index in [1.807, 2.05) is 12.1 Å². The fourth-order valence-electron chi connectivity index (χ4n) is 5.45. The maximum absolute atomic E-state index is 10.3. The maximum Gasteiger partial charge on any atom is 0.281 e. The fourth-order valence-corrected chi connectivity index (χ4v) is 5.45. The van der Waals surface area contributed by atoms with Gasteiger partial charge in [-0.3, -0.25) is 0 Å². The van der Waals surface area contributed by atoms with Gasteiger partial charge in [0.25, 0.3) is 5.95 Å². The van der Waals surface area contributed by atoms with Crippen LogP contribution in [0.25, 0.3) is 0 Å². The third-order valence-electron chi connectivity index (χ3n) is 7.51. The number of fused-ring (bicyclic) bond motifs is 1. The zero-order valence-corrected chi connectivity index (χ0v) is 22.3. The zero-order valence-electron chi connectivity index (χ0n) is 22.3. The Labute approximate surface area is 226 Å². The van der Waals surface area contributed by atoms with E-state index in [0.717, 1.165) is 11.1 Å². The molecule has 2 fully saturated rings. The van der Waals surface area contributed by atoms with E-state index in [4.69, 9.17) is 37.9 Å². The summed E-state index contributed by atoms with van der Waals surface area (Å²) in [7, 11) is 6.04. The molecular weight excluding hydrogens is 512 g/mol. The highest BCUT2D eigenvalue weighted by atomic mass is 16.7. The number of aliphatic hydroxyl groups excluding tert-OH is 2. The lowest BCUT2D eigenvalue weighted by Crippen LogP contribution is -2.35. The van der Waals surface area contributed by atoms with Gasteiger partial charge in [-0.05, 0) is 41.5 Å². The van der Waals surface area contributed by atoms with E-state index in [9.17, 15) is 15.3 Å². The number of methoxy groups -OCH3 is 4. The monoisotopic (exact) mass is 546 g/mol. The lowest BCUT2D eigenvalue weighted by Gasteiger charge is -2.28. The third-order valence-corrected chi connectivity index (χ3v) is 7.51. The van der Waals surface area contributed by atoms with Crippen LogP contribution in [0.1, 0.15) is 29.8 Å². The van der Waals surface area contributed by atoms with Gasteiger partial charge in [0.05, 0.1) is 66.6 Å². The van der Waals surface area contributed by atoms with Crippen LogP contribution in [0.5, 0.6) is 34.5 Å². The molecular formula is C28H34O11. The van der Waals surface area contributed by atoms with E-state index in [1.165, 1.54) is 28.4 Å². The summed E-state index contributed by atoms with van der Waals surface area (Å²) >= 11 is 0. The normalized spacial score (nSPS) is 27.8. The summed E-state index contributed by atoms with van der Waals surface area (Å²) in [5.74, 6) is 1.96. The van der Waals surface area contributed by atoms with Crippen LogP contribution < -0.4 is 23.7 Å². The molecule has 0 saturated carbocycles. The van der Waals surface area contributed by atoms with Crippen molar-refractivity contribution in [1.82, 2.24) is 0 Å². The molecule has 39 heavy (non-hydrogen) atoms. The van der Waals surface area contributed by atoms with E-state index in [1.54, 1.807) is 18.2 Å². The molecule has 0 radical (unpaired) electrons. The molecule has 3 N–H and O–H groups in total. The molecule has 212 valence electrons. The van der Waals surface area contributed by atoms with Crippen molar-refractivity contribution in [1.29, 1.82) is 0 Å². The van der Waals surface area contributed by atoms with Crippen LogP contribution in [0.2, 0.25) is 0 Å². The SMILES string of the molecule is COc1cc(C2OC[C@@H]3C(c4cc(OC)c(OC5=CCC(O)C(CO)O5)c(OC)c4)OC[C@H]23)cc(OC)c1O. The minimum atomic E-state index is -0.817. The average Bonchev–Trinajstić information content (AvgIpc) is 3.57. The van der Waals surface area contributed by atoms with E-state index in [-0.39, 0.29) is 48.8 Å². The Morgan fingerprint density at radius 2 is 1.28 bits per heavy atom. The van der Waals surface area contributed by atoms with Crippen LogP contribution in [0, 0.1) is 11.8 Å². The zero-order chi connectivity index (χ0) is 27.7. The summed E-state index contributed by atoms with van der Waals surface area (Å²) in [5.41, 5.74) is 1.68. The Morgan fingerprint density at radius 1 is 0.795 bits per heavy atom. The minimum Gasteiger partial charge on any atom is -0.502 e. The Bertz CT molecular complexity index is 1160. The number of hydrogen-bond acceptors (Lipinski definition) is 11. The molecule has 3 heterocycles. The predicted molar refractivity (Wildman–Crippen MR) is 136 cm³/mol. The fraction of sp³-hybridized carbons (Fsp3) is 0.500. The number of phenolic OH excluding ortho intramolecular Hbond substituents is 1. The minimum absolute atomic E-state index is 0.0539. The van der Waals surface area contributed by atoms with Gasteiger partial charge in [0.15, 0.2) is 29.1 Å². The highest BCUT2D eigenvalue weighted by Gasteiger charge is 2.48. The van der Waals surface area contributed by atoms with Crippen molar-refractivity contribution in [3.8, 4) is 34.5 Å². The van der Waals surface area contributed by atoms with Crippen molar-refractivity contribution >= 4 is 0 Å². The molecule has 0 amide bonds. The molecule has 3 aliphatic heterocycles. The third kappa shape index (κ3) is 5.03. The smallest absolute Gasteiger partial charge is 0.281 e. The van der Waals surface area contributed by atoms with Gasteiger partial charge in [0.2, 0.25) is 11.5 Å². The molecule has 4 unspecified atom stereocenters. The van der Waals surface area contributed by atoms with E-state index >= 15 is 0 Å². The molecule has 6 atom stereocenters. The highest BCUT2D eigenvalue weighted by Crippen LogP contribution is 2.53. The van der Waals surface area contributed by atoms with Crippen LogP contribution in [-0.4, -0.2) is 75.8 Å². The van der Waals surface area contributed by atoms with E-state index in [2.05, 4.69) is 0 Å². The van der Waals surface area contributed by atoms with Crippen molar-refractivity contribution in [3.05, 3.63) is 47.4 Å². The first-order chi connectivity index (χ1) is 18.9. The molecule has 5 rings (SSSR count). The topological polar surface area (TPSA) is 135 Å². The molecule has 2 aromatic rings. The molecule has 0 bridgehead atoms.